The Hall–Kier alpha value is -3.12. The number of aryl methyl sites for hydroxylation is 1. The van der Waals surface area contributed by atoms with Crippen molar-refractivity contribution in [3.05, 3.63) is 83.2 Å². The zero-order valence-corrected chi connectivity index (χ0v) is 16.6. The molecule has 4 rings (SSSR count). The molecule has 150 valence electrons. The van der Waals surface area contributed by atoms with Gasteiger partial charge in [0.2, 0.25) is 0 Å². The molecule has 0 bridgehead atoms. The molecule has 1 fully saturated rings. The molecule has 2 aromatic carbocycles. The standard InChI is InChI=1S/C23H25N3O3/c1-18-21(17-28-20-10-6-3-7-11-20)22(24-29-18)23(27)26-14-12-25(13-15-26)16-19-8-4-2-5-9-19/h2-11H,12-17H2,1H3. The number of rotatable bonds is 6. The molecule has 0 N–H and O–H groups in total. The molecule has 0 saturated carbocycles. The van der Waals surface area contributed by atoms with E-state index < -0.39 is 0 Å². The van der Waals surface area contributed by atoms with Crippen molar-refractivity contribution in [2.45, 2.75) is 20.1 Å². The molecule has 3 aromatic rings. The Morgan fingerprint density at radius 2 is 1.66 bits per heavy atom. The van der Waals surface area contributed by atoms with Crippen molar-refractivity contribution in [3.63, 3.8) is 0 Å². The van der Waals surface area contributed by atoms with Crippen molar-refractivity contribution in [1.29, 1.82) is 0 Å². The number of hydrogen-bond acceptors (Lipinski definition) is 5. The Balaban J connectivity index is 1.36. The molecule has 0 unspecified atom stereocenters. The highest BCUT2D eigenvalue weighted by molar-refractivity contribution is 5.93. The smallest absolute Gasteiger partial charge is 0.276 e. The molecule has 1 aromatic heterocycles. The van der Waals surface area contributed by atoms with Gasteiger partial charge < -0.3 is 14.2 Å². The van der Waals surface area contributed by atoms with Gasteiger partial charge in [0.25, 0.3) is 5.91 Å². The van der Waals surface area contributed by atoms with Crippen molar-refractivity contribution in [2.24, 2.45) is 0 Å². The maximum absolute atomic E-state index is 13.0. The van der Waals surface area contributed by atoms with E-state index in [1.54, 1.807) is 0 Å². The van der Waals surface area contributed by atoms with E-state index in [4.69, 9.17) is 9.26 Å². The summed E-state index contributed by atoms with van der Waals surface area (Å²) in [7, 11) is 0. The van der Waals surface area contributed by atoms with E-state index in [0.717, 1.165) is 25.4 Å². The minimum atomic E-state index is -0.0899. The molecule has 6 nitrogen and oxygen atoms in total. The highest BCUT2D eigenvalue weighted by Crippen LogP contribution is 2.20. The highest BCUT2D eigenvalue weighted by atomic mass is 16.5. The lowest BCUT2D eigenvalue weighted by molar-refractivity contribution is 0.0616. The lowest BCUT2D eigenvalue weighted by Crippen LogP contribution is -2.48. The number of aromatic nitrogens is 1. The van der Waals surface area contributed by atoms with Gasteiger partial charge in [0.1, 0.15) is 18.1 Å². The van der Waals surface area contributed by atoms with Crippen LogP contribution in [0.4, 0.5) is 0 Å². The average molecular weight is 391 g/mol. The number of hydrogen-bond donors (Lipinski definition) is 0. The second-order valence-electron chi connectivity index (χ2n) is 7.22. The van der Waals surface area contributed by atoms with Crippen LogP contribution in [0.15, 0.2) is 65.2 Å². The van der Waals surface area contributed by atoms with Crippen LogP contribution in [-0.2, 0) is 13.2 Å². The van der Waals surface area contributed by atoms with E-state index >= 15 is 0 Å². The first-order valence-corrected chi connectivity index (χ1v) is 9.89. The number of nitrogens with zero attached hydrogens (tertiary/aromatic N) is 3. The third-order valence-electron chi connectivity index (χ3n) is 5.22. The SMILES string of the molecule is Cc1onc(C(=O)N2CCN(Cc3ccccc3)CC2)c1COc1ccccc1. The van der Waals surface area contributed by atoms with Gasteiger partial charge in [-0.1, -0.05) is 53.7 Å². The molecule has 0 aliphatic carbocycles. The van der Waals surface area contributed by atoms with Crippen molar-refractivity contribution in [1.82, 2.24) is 15.0 Å². The van der Waals surface area contributed by atoms with Crippen molar-refractivity contribution >= 4 is 5.91 Å². The molecule has 29 heavy (non-hydrogen) atoms. The van der Waals surface area contributed by atoms with Crippen LogP contribution >= 0.6 is 0 Å². The second-order valence-corrected chi connectivity index (χ2v) is 7.22. The minimum Gasteiger partial charge on any atom is -0.489 e. The van der Waals surface area contributed by atoms with E-state index in [9.17, 15) is 4.79 Å². The maximum Gasteiger partial charge on any atom is 0.276 e. The fourth-order valence-corrected chi connectivity index (χ4v) is 3.50. The largest absolute Gasteiger partial charge is 0.489 e. The zero-order valence-electron chi connectivity index (χ0n) is 16.6. The first-order chi connectivity index (χ1) is 14.2. The summed E-state index contributed by atoms with van der Waals surface area (Å²) in [6.45, 7) is 6.01. The van der Waals surface area contributed by atoms with Crippen LogP contribution in [0, 0.1) is 6.92 Å². The van der Waals surface area contributed by atoms with Crippen LogP contribution in [0.2, 0.25) is 0 Å². The molecule has 1 amide bonds. The van der Waals surface area contributed by atoms with Crippen LogP contribution in [0.5, 0.6) is 5.75 Å². The van der Waals surface area contributed by atoms with Gasteiger partial charge >= 0.3 is 0 Å². The Kier molecular flexibility index (Phi) is 5.91. The third kappa shape index (κ3) is 4.66. The summed E-state index contributed by atoms with van der Waals surface area (Å²) < 4.78 is 11.1. The van der Waals surface area contributed by atoms with E-state index in [1.807, 2.05) is 48.2 Å². The van der Waals surface area contributed by atoms with Crippen LogP contribution < -0.4 is 4.74 Å². The van der Waals surface area contributed by atoms with Crippen molar-refractivity contribution in [3.8, 4) is 5.75 Å². The monoisotopic (exact) mass is 391 g/mol. The Morgan fingerprint density at radius 3 is 2.34 bits per heavy atom. The first kappa shape index (κ1) is 19.2. The van der Waals surface area contributed by atoms with Crippen LogP contribution in [0.3, 0.4) is 0 Å². The van der Waals surface area contributed by atoms with Crippen LogP contribution in [0.1, 0.15) is 27.4 Å². The van der Waals surface area contributed by atoms with Gasteiger partial charge in [-0.2, -0.15) is 0 Å². The second kappa shape index (κ2) is 8.92. The van der Waals surface area contributed by atoms with Gasteiger partial charge in [0.05, 0.1) is 5.56 Å². The predicted octanol–water partition coefficient (Wildman–Crippen LogP) is 3.52. The average Bonchev–Trinajstić information content (AvgIpc) is 3.14. The lowest BCUT2D eigenvalue weighted by Gasteiger charge is -2.34. The number of carbonyl (C=O) groups is 1. The van der Waals surface area contributed by atoms with Gasteiger partial charge in [-0.15, -0.1) is 0 Å². The zero-order chi connectivity index (χ0) is 20.1. The van der Waals surface area contributed by atoms with Gasteiger partial charge in [-0.05, 0) is 24.6 Å². The predicted molar refractivity (Wildman–Crippen MR) is 110 cm³/mol. The lowest BCUT2D eigenvalue weighted by atomic mass is 10.1. The number of benzene rings is 2. The molecule has 0 radical (unpaired) electrons. The fraction of sp³-hybridized carbons (Fsp3) is 0.304. The highest BCUT2D eigenvalue weighted by Gasteiger charge is 2.28. The summed E-state index contributed by atoms with van der Waals surface area (Å²) in [5.41, 5.74) is 2.36. The van der Waals surface area contributed by atoms with Crippen LogP contribution in [0.25, 0.3) is 0 Å². The molecule has 1 saturated heterocycles. The normalized spacial score (nSPS) is 14.7. The van der Waals surface area contributed by atoms with Gasteiger partial charge in [-0.25, -0.2) is 0 Å². The third-order valence-corrected chi connectivity index (χ3v) is 5.22. The molecule has 0 spiro atoms. The molecule has 6 heteroatoms. The van der Waals surface area contributed by atoms with Gasteiger partial charge in [-0.3, -0.25) is 9.69 Å². The summed E-state index contributed by atoms with van der Waals surface area (Å²) in [6, 6.07) is 19.9. The molecule has 1 aliphatic heterocycles. The van der Waals surface area contributed by atoms with Gasteiger partial charge in [0.15, 0.2) is 5.69 Å². The summed E-state index contributed by atoms with van der Waals surface area (Å²) in [6.07, 6.45) is 0. The van der Waals surface area contributed by atoms with Crippen molar-refractivity contribution < 1.29 is 14.1 Å². The van der Waals surface area contributed by atoms with Gasteiger partial charge in [0, 0.05) is 32.7 Å². The quantitative estimate of drug-likeness (QED) is 0.643. The van der Waals surface area contributed by atoms with E-state index in [2.05, 4.69) is 34.3 Å². The van der Waals surface area contributed by atoms with E-state index in [0.29, 0.717) is 30.1 Å². The molecular formula is C23H25N3O3. The Morgan fingerprint density at radius 1 is 1.00 bits per heavy atom. The Bertz CT molecular complexity index is 933. The van der Waals surface area contributed by atoms with E-state index in [1.165, 1.54) is 5.56 Å². The number of carbonyl (C=O) groups excluding carboxylic acids is 1. The summed E-state index contributed by atoms with van der Waals surface area (Å²) in [5, 5.41) is 4.03. The van der Waals surface area contributed by atoms with E-state index in [-0.39, 0.29) is 12.5 Å². The molecule has 0 atom stereocenters. The summed E-state index contributed by atoms with van der Waals surface area (Å²) >= 11 is 0. The fourth-order valence-electron chi connectivity index (χ4n) is 3.50. The number of para-hydroxylation sites is 1. The number of piperazine rings is 1. The van der Waals surface area contributed by atoms with Crippen LogP contribution in [-0.4, -0.2) is 47.0 Å². The first-order valence-electron chi connectivity index (χ1n) is 9.89. The molecule has 2 heterocycles. The summed E-state index contributed by atoms with van der Waals surface area (Å²) in [5.74, 6) is 1.28. The number of ether oxygens (including phenoxy) is 1. The summed E-state index contributed by atoms with van der Waals surface area (Å²) in [4.78, 5) is 17.3. The number of amides is 1. The van der Waals surface area contributed by atoms with Crippen molar-refractivity contribution in [2.75, 3.05) is 26.2 Å². The topological polar surface area (TPSA) is 58.8 Å². The molecular weight excluding hydrogens is 366 g/mol. The maximum atomic E-state index is 13.0. The minimum absolute atomic E-state index is 0.0899. The Labute approximate surface area is 170 Å². The molecule has 1 aliphatic rings.